The Morgan fingerprint density at radius 1 is 1.22 bits per heavy atom. The number of hydrogen-bond acceptors (Lipinski definition) is 4. The van der Waals surface area contributed by atoms with Crippen LogP contribution in [0, 0.1) is 0 Å². The van der Waals surface area contributed by atoms with Crippen molar-refractivity contribution < 1.29 is 14.6 Å². The molecular weight excluding hydrogens is 248 g/mol. The predicted molar refractivity (Wildman–Crippen MR) is 72.2 cm³/mol. The Morgan fingerprint density at radius 2 is 2.06 bits per heavy atom. The van der Waals surface area contributed by atoms with E-state index in [0.29, 0.717) is 19.0 Å². The molecule has 0 aliphatic rings. The van der Waals surface area contributed by atoms with E-state index in [2.05, 4.69) is 0 Å². The van der Waals surface area contributed by atoms with E-state index in [1.165, 1.54) is 0 Å². The molecule has 18 heavy (non-hydrogen) atoms. The van der Waals surface area contributed by atoms with Gasteiger partial charge in [-0.3, -0.25) is 0 Å². The standard InChI is InChI=1S/C14H16O3S/c1-16-7-8-17-13-5-3-2-4-12(13)14(15)11-6-9-18-10-11/h2-6,9-10,14-15H,7-8H2,1H3. The van der Waals surface area contributed by atoms with E-state index in [0.717, 1.165) is 11.1 Å². The van der Waals surface area contributed by atoms with Crippen LogP contribution in [-0.4, -0.2) is 25.4 Å². The lowest BCUT2D eigenvalue weighted by atomic mass is 10.0. The van der Waals surface area contributed by atoms with E-state index < -0.39 is 6.10 Å². The van der Waals surface area contributed by atoms with E-state index in [1.54, 1.807) is 18.4 Å². The van der Waals surface area contributed by atoms with Gasteiger partial charge in [0, 0.05) is 12.7 Å². The van der Waals surface area contributed by atoms with Crippen molar-refractivity contribution in [1.29, 1.82) is 0 Å². The number of benzene rings is 1. The lowest BCUT2D eigenvalue weighted by Crippen LogP contribution is -2.08. The second-order valence-corrected chi connectivity index (χ2v) is 4.62. The summed E-state index contributed by atoms with van der Waals surface area (Å²) in [6.45, 7) is 1.01. The second kappa shape index (κ2) is 6.54. The third kappa shape index (κ3) is 3.10. The first-order valence-electron chi connectivity index (χ1n) is 5.73. The topological polar surface area (TPSA) is 38.7 Å². The summed E-state index contributed by atoms with van der Waals surface area (Å²) in [4.78, 5) is 0. The molecule has 2 aromatic rings. The highest BCUT2D eigenvalue weighted by molar-refractivity contribution is 7.07. The fraction of sp³-hybridized carbons (Fsp3) is 0.286. The molecule has 1 heterocycles. The highest BCUT2D eigenvalue weighted by Gasteiger charge is 2.15. The van der Waals surface area contributed by atoms with E-state index in [4.69, 9.17) is 9.47 Å². The van der Waals surface area contributed by atoms with Crippen molar-refractivity contribution in [2.45, 2.75) is 6.10 Å². The SMILES string of the molecule is COCCOc1ccccc1C(O)c1ccsc1. The lowest BCUT2D eigenvalue weighted by molar-refractivity contribution is 0.142. The minimum absolute atomic E-state index is 0.476. The van der Waals surface area contributed by atoms with Gasteiger partial charge in [0.25, 0.3) is 0 Å². The molecule has 96 valence electrons. The fourth-order valence-corrected chi connectivity index (χ4v) is 2.36. The van der Waals surface area contributed by atoms with Crippen LogP contribution in [0.15, 0.2) is 41.1 Å². The second-order valence-electron chi connectivity index (χ2n) is 3.84. The highest BCUT2D eigenvalue weighted by Crippen LogP contribution is 2.30. The largest absolute Gasteiger partial charge is 0.491 e. The van der Waals surface area contributed by atoms with Crippen LogP contribution in [0.3, 0.4) is 0 Å². The Morgan fingerprint density at radius 3 is 2.78 bits per heavy atom. The first-order chi connectivity index (χ1) is 8.83. The van der Waals surface area contributed by atoms with Gasteiger partial charge in [0.1, 0.15) is 18.5 Å². The molecule has 0 bridgehead atoms. The van der Waals surface area contributed by atoms with Crippen molar-refractivity contribution in [1.82, 2.24) is 0 Å². The van der Waals surface area contributed by atoms with Crippen LogP contribution in [0.25, 0.3) is 0 Å². The summed E-state index contributed by atoms with van der Waals surface area (Å²) in [6.07, 6.45) is -0.644. The third-order valence-corrected chi connectivity index (χ3v) is 3.32. The molecule has 0 saturated carbocycles. The molecule has 2 rings (SSSR count). The Labute approximate surface area is 111 Å². The molecule has 0 radical (unpaired) electrons. The molecule has 1 atom stereocenters. The molecule has 1 aromatic heterocycles. The Kier molecular flexibility index (Phi) is 4.75. The number of methoxy groups -OCH3 is 1. The van der Waals surface area contributed by atoms with Crippen LogP contribution < -0.4 is 4.74 Å². The van der Waals surface area contributed by atoms with Crippen LogP contribution in [0.1, 0.15) is 17.2 Å². The summed E-state index contributed by atoms with van der Waals surface area (Å²) < 4.78 is 10.6. The van der Waals surface area contributed by atoms with Gasteiger partial charge in [0.15, 0.2) is 0 Å². The average molecular weight is 264 g/mol. The summed E-state index contributed by atoms with van der Waals surface area (Å²) in [7, 11) is 1.63. The summed E-state index contributed by atoms with van der Waals surface area (Å²) in [5, 5.41) is 14.2. The number of aliphatic hydroxyl groups is 1. The van der Waals surface area contributed by atoms with Crippen LogP contribution >= 0.6 is 11.3 Å². The van der Waals surface area contributed by atoms with E-state index in [-0.39, 0.29) is 0 Å². The maximum Gasteiger partial charge on any atom is 0.125 e. The lowest BCUT2D eigenvalue weighted by Gasteiger charge is -2.15. The molecule has 1 aromatic carbocycles. The van der Waals surface area contributed by atoms with E-state index >= 15 is 0 Å². The molecule has 0 aliphatic heterocycles. The van der Waals surface area contributed by atoms with Gasteiger partial charge in [0.2, 0.25) is 0 Å². The molecule has 0 spiro atoms. The van der Waals surface area contributed by atoms with Crippen LogP contribution in [0.5, 0.6) is 5.75 Å². The molecule has 0 fully saturated rings. The number of ether oxygens (including phenoxy) is 2. The maximum atomic E-state index is 10.3. The monoisotopic (exact) mass is 264 g/mol. The zero-order chi connectivity index (χ0) is 12.8. The molecule has 1 N–H and O–H groups in total. The smallest absolute Gasteiger partial charge is 0.125 e. The zero-order valence-corrected chi connectivity index (χ0v) is 11.0. The highest BCUT2D eigenvalue weighted by atomic mass is 32.1. The summed E-state index contributed by atoms with van der Waals surface area (Å²) >= 11 is 1.57. The summed E-state index contributed by atoms with van der Waals surface area (Å²) in [6, 6.07) is 9.45. The number of thiophene rings is 1. The third-order valence-electron chi connectivity index (χ3n) is 2.62. The number of aliphatic hydroxyl groups excluding tert-OH is 1. The average Bonchev–Trinajstić information content (AvgIpc) is 2.93. The quantitative estimate of drug-likeness (QED) is 0.815. The fourth-order valence-electron chi connectivity index (χ4n) is 1.68. The van der Waals surface area contributed by atoms with Gasteiger partial charge in [-0.25, -0.2) is 0 Å². The number of hydrogen-bond donors (Lipinski definition) is 1. The minimum atomic E-state index is -0.644. The van der Waals surface area contributed by atoms with Gasteiger partial charge in [-0.1, -0.05) is 18.2 Å². The molecule has 0 aliphatic carbocycles. The van der Waals surface area contributed by atoms with E-state index in [9.17, 15) is 5.11 Å². The van der Waals surface area contributed by atoms with Gasteiger partial charge >= 0.3 is 0 Å². The Balaban J connectivity index is 2.16. The van der Waals surface area contributed by atoms with Gasteiger partial charge < -0.3 is 14.6 Å². The predicted octanol–water partition coefficient (Wildman–Crippen LogP) is 2.86. The Hall–Kier alpha value is -1.36. The van der Waals surface area contributed by atoms with Crippen molar-refractivity contribution in [3.63, 3.8) is 0 Å². The van der Waals surface area contributed by atoms with Gasteiger partial charge in [-0.05, 0) is 28.5 Å². The molecule has 3 nitrogen and oxygen atoms in total. The zero-order valence-electron chi connectivity index (χ0n) is 10.2. The summed E-state index contributed by atoms with van der Waals surface area (Å²) in [5.74, 6) is 0.702. The van der Waals surface area contributed by atoms with Crippen molar-refractivity contribution in [3.05, 3.63) is 52.2 Å². The molecule has 4 heteroatoms. The van der Waals surface area contributed by atoms with Gasteiger partial charge in [-0.2, -0.15) is 11.3 Å². The van der Waals surface area contributed by atoms with E-state index in [1.807, 2.05) is 41.1 Å². The molecule has 0 amide bonds. The van der Waals surface area contributed by atoms with Gasteiger partial charge in [0.05, 0.1) is 6.61 Å². The van der Waals surface area contributed by atoms with Crippen LogP contribution in [0.4, 0.5) is 0 Å². The van der Waals surface area contributed by atoms with Crippen molar-refractivity contribution in [2.75, 3.05) is 20.3 Å². The maximum absolute atomic E-state index is 10.3. The van der Waals surface area contributed by atoms with Crippen molar-refractivity contribution >= 4 is 11.3 Å². The number of rotatable bonds is 6. The molecule has 0 saturated heterocycles. The summed E-state index contributed by atoms with van der Waals surface area (Å²) in [5.41, 5.74) is 1.68. The first-order valence-corrected chi connectivity index (χ1v) is 6.68. The van der Waals surface area contributed by atoms with Gasteiger partial charge in [-0.15, -0.1) is 0 Å². The molecular formula is C14H16O3S. The normalized spacial score (nSPS) is 12.3. The van der Waals surface area contributed by atoms with Crippen LogP contribution in [0.2, 0.25) is 0 Å². The first kappa shape index (κ1) is 13.1. The van der Waals surface area contributed by atoms with Crippen LogP contribution in [-0.2, 0) is 4.74 Å². The molecule has 1 unspecified atom stereocenters. The number of para-hydroxylation sites is 1. The van der Waals surface area contributed by atoms with Crippen molar-refractivity contribution in [3.8, 4) is 5.75 Å². The van der Waals surface area contributed by atoms with Crippen molar-refractivity contribution in [2.24, 2.45) is 0 Å². The minimum Gasteiger partial charge on any atom is -0.491 e. The Bertz CT molecular complexity index is 468.